The van der Waals surface area contributed by atoms with Crippen LogP contribution in [0.5, 0.6) is 0 Å². The summed E-state index contributed by atoms with van der Waals surface area (Å²) in [5, 5.41) is 6.00. The summed E-state index contributed by atoms with van der Waals surface area (Å²) >= 11 is 1.60. The van der Waals surface area contributed by atoms with Crippen molar-refractivity contribution in [2.45, 2.75) is 32.2 Å². The second kappa shape index (κ2) is 4.07. The summed E-state index contributed by atoms with van der Waals surface area (Å²) in [4.78, 5) is 4.42. The van der Waals surface area contributed by atoms with Gasteiger partial charge in [-0.1, -0.05) is 13.8 Å². The Hall–Kier alpha value is -0.610. The lowest BCUT2D eigenvalue weighted by atomic mass is 9.91. The van der Waals surface area contributed by atoms with Crippen LogP contribution >= 0.6 is 11.3 Å². The fourth-order valence-corrected chi connectivity index (χ4v) is 2.01. The SMILES string of the molecule is CCC(N)(CC)c1csc(NC)n1. The molecule has 0 atom stereocenters. The molecule has 0 aliphatic carbocycles. The van der Waals surface area contributed by atoms with Crippen LogP contribution in [0.15, 0.2) is 5.38 Å². The maximum Gasteiger partial charge on any atom is 0.182 e. The van der Waals surface area contributed by atoms with Crippen LogP contribution in [0, 0.1) is 0 Å². The molecule has 4 heteroatoms. The lowest BCUT2D eigenvalue weighted by Crippen LogP contribution is -2.35. The van der Waals surface area contributed by atoms with Gasteiger partial charge in [-0.25, -0.2) is 4.98 Å². The van der Waals surface area contributed by atoms with E-state index >= 15 is 0 Å². The number of aromatic nitrogens is 1. The van der Waals surface area contributed by atoms with E-state index in [1.165, 1.54) is 0 Å². The molecule has 0 unspecified atom stereocenters. The molecule has 3 N–H and O–H groups in total. The first-order chi connectivity index (χ1) is 6.16. The first-order valence-electron chi connectivity index (χ1n) is 4.59. The maximum atomic E-state index is 6.20. The number of thiazole rings is 1. The zero-order valence-electron chi connectivity index (χ0n) is 8.42. The summed E-state index contributed by atoms with van der Waals surface area (Å²) in [7, 11) is 1.87. The van der Waals surface area contributed by atoms with Crippen molar-refractivity contribution < 1.29 is 0 Å². The number of anilines is 1. The van der Waals surface area contributed by atoms with E-state index in [0.717, 1.165) is 23.7 Å². The third-order valence-electron chi connectivity index (χ3n) is 2.49. The van der Waals surface area contributed by atoms with Crippen LogP contribution in [0.2, 0.25) is 0 Å². The zero-order valence-corrected chi connectivity index (χ0v) is 9.24. The number of nitrogens with two attached hydrogens (primary N) is 1. The molecule has 1 heterocycles. The van der Waals surface area contributed by atoms with Crippen molar-refractivity contribution in [1.82, 2.24) is 4.98 Å². The molecule has 0 aliphatic rings. The maximum absolute atomic E-state index is 6.20. The number of nitrogens with zero attached hydrogens (tertiary/aromatic N) is 1. The van der Waals surface area contributed by atoms with Crippen molar-refractivity contribution in [3.05, 3.63) is 11.1 Å². The topological polar surface area (TPSA) is 50.9 Å². The molecule has 1 rings (SSSR count). The molecule has 0 aliphatic heterocycles. The van der Waals surface area contributed by atoms with Crippen LogP contribution in [0.1, 0.15) is 32.4 Å². The third-order valence-corrected chi connectivity index (χ3v) is 3.35. The lowest BCUT2D eigenvalue weighted by molar-refractivity contribution is 0.403. The number of hydrogen-bond donors (Lipinski definition) is 2. The van der Waals surface area contributed by atoms with Gasteiger partial charge in [0.1, 0.15) is 0 Å². The quantitative estimate of drug-likeness (QED) is 0.781. The van der Waals surface area contributed by atoms with Crippen molar-refractivity contribution in [2.75, 3.05) is 12.4 Å². The van der Waals surface area contributed by atoms with E-state index in [0.29, 0.717) is 0 Å². The normalized spacial score (nSPS) is 11.7. The van der Waals surface area contributed by atoms with Crippen molar-refractivity contribution in [2.24, 2.45) is 5.73 Å². The van der Waals surface area contributed by atoms with Gasteiger partial charge in [0.15, 0.2) is 5.13 Å². The molecule has 0 amide bonds. The highest BCUT2D eigenvalue weighted by molar-refractivity contribution is 7.13. The summed E-state index contributed by atoms with van der Waals surface area (Å²) < 4.78 is 0. The fraction of sp³-hybridized carbons (Fsp3) is 0.667. The second-order valence-corrected chi connectivity index (χ2v) is 4.01. The minimum Gasteiger partial charge on any atom is -0.365 e. The highest BCUT2D eigenvalue weighted by atomic mass is 32.1. The van der Waals surface area contributed by atoms with Crippen molar-refractivity contribution >= 4 is 16.5 Å². The highest BCUT2D eigenvalue weighted by Gasteiger charge is 2.25. The summed E-state index contributed by atoms with van der Waals surface area (Å²) in [6.45, 7) is 4.20. The predicted octanol–water partition coefficient (Wildman–Crippen LogP) is 2.16. The average molecular weight is 199 g/mol. The minimum absolute atomic E-state index is 0.244. The second-order valence-electron chi connectivity index (χ2n) is 3.15. The predicted molar refractivity (Wildman–Crippen MR) is 58.1 cm³/mol. The number of rotatable bonds is 4. The summed E-state index contributed by atoms with van der Waals surface area (Å²) in [5.74, 6) is 0. The summed E-state index contributed by atoms with van der Waals surface area (Å²) in [6.07, 6.45) is 1.85. The van der Waals surface area contributed by atoms with Crippen molar-refractivity contribution in [3.63, 3.8) is 0 Å². The smallest absolute Gasteiger partial charge is 0.182 e. The van der Waals surface area contributed by atoms with E-state index in [4.69, 9.17) is 5.73 Å². The molecule has 0 saturated heterocycles. The average Bonchev–Trinajstić information content (AvgIpc) is 2.65. The van der Waals surface area contributed by atoms with Gasteiger partial charge >= 0.3 is 0 Å². The van der Waals surface area contributed by atoms with Gasteiger partial charge in [0.25, 0.3) is 0 Å². The molecule has 74 valence electrons. The Morgan fingerprint density at radius 3 is 2.54 bits per heavy atom. The molecule has 1 aromatic rings. The Morgan fingerprint density at radius 1 is 1.54 bits per heavy atom. The largest absolute Gasteiger partial charge is 0.365 e. The molecule has 1 aromatic heterocycles. The molecule has 0 saturated carbocycles. The minimum atomic E-state index is -0.244. The van der Waals surface area contributed by atoms with Crippen molar-refractivity contribution in [3.8, 4) is 0 Å². The molecule has 0 spiro atoms. The van der Waals surface area contributed by atoms with E-state index in [-0.39, 0.29) is 5.54 Å². The standard InChI is InChI=1S/C9H17N3S/c1-4-9(10,5-2)7-6-13-8(11-3)12-7/h6H,4-5,10H2,1-3H3,(H,11,12). The van der Waals surface area contributed by atoms with Gasteiger partial charge < -0.3 is 11.1 Å². The molecule has 13 heavy (non-hydrogen) atoms. The molecule has 3 nitrogen and oxygen atoms in total. The van der Waals surface area contributed by atoms with Gasteiger partial charge in [-0.3, -0.25) is 0 Å². The molecule has 0 aromatic carbocycles. The molecular weight excluding hydrogens is 182 g/mol. The van der Waals surface area contributed by atoms with Crippen LogP contribution in [0.4, 0.5) is 5.13 Å². The van der Waals surface area contributed by atoms with Crippen molar-refractivity contribution in [1.29, 1.82) is 0 Å². The van der Waals surface area contributed by atoms with Gasteiger partial charge in [0.2, 0.25) is 0 Å². The van der Waals surface area contributed by atoms with E-state index in [1.807, 2.05) is 12.4 Å². The Bertz CT molecular complexity index is 266. The first kappa shape index (κ1) is 10.5. The Morgan fingerprint density at radius 2 is 2.15 bits per heavy atom. The number of hydrogen-bond acceptors (Lipinski definition) is 4. The lowest BCUT2D eigenvalue weighted by Gasteiger charge is -2.24. The van der Waals surface area contributed by atoms with E-state index in [9.17, 15) is 0 Å². The van der Waals surface area contributed by atoms with Gasteiger partial charge in [-0.15, -0.1) is 11.3 Å². The fourth-order valence-electron chi connectivity index (χ4n) is 1.23. The van der Waals surface area contributed by atoms with Gasteiger partial charge in [-0.2, -0.15) is 0 Å². The molecule has 0 radical (unpaired) electrons. The van der Waals surface area contributed by atoms with E-state index in [1.54, 1.807) is 11.3 Å². The van der Waals surface area contributed by atoms with Crippen LogP contribution in [-0.4, -0.2) is 12.0 Å². The van der Waals surface area contributed by atoms with Crippen LogP contribution in [0.3, 0.4) is 0 Å². The van der Waals surface area contributed by atoms with Gasteiger partial charge in [-0.05, 0) is 12.8 Å². The number of nitrogens with one attached hydrogen (secondary N) is 1. The van der Waals surface area contributed by atoms with Gasteiger partial charge in [0.05, 0.1) is 11.2 Å². The van der Waals surface area contributed by atoms with Crippen LogP contribution in [0.25, 0.3) is 0 Å². The Labute approximate surface area is 83.4 Å². The summed E-state index contributed by atoms with van der Waals surface area (Å²) in [6, 6.07) is 0. The van der Waals surface area contributed by atoms with Crippen LogP contribution < -0.4 is 11.1 Å². The highest BCUT2D eigenvalue weighted by Crippen LogP contribution is 2.28. The Balaban J connectivity index is 2.91. The zero-order chi connectivity index (χ0) is 9.90. The molecular formula is C9H17N3S. The molecule has 0 fully saturated rings. The first-order valence-corrected chi connectivity index (χ1v) is 5.47. The van der Waals surface area contributed by atoms with E-state index < -0.39 is 0 Å². The van der Waals surface area contributed by atoms with E-state index in [2.05, 4.69) is 24.1 Å². The molecule has 0 bridgehead atoms. The third kappa shape index (κ3) is 2.00. The summed E-state index contributed by atoms with van der Waals surface area (Å²) in [5.41, 5.74) is 6.96. The van der Waals surface area contributed by atoms with Crippen LogP contribution in [-0.2, 0) is 5.54 Å². The Kier molecular flexibility index (Phi) is 3.27. The van der Waals surface area contributed by atoms with Gasteiger partial charge in [0, 0.05) is 12.4 Å². The monoisotopic (exact) mass is 199 g/mol.